The summed E-state index contributed by atoms with van der Waals surface area (Å²) >= 11 is 2.32. The number of fused-ring (bicyclic) bond motifs is 3. The van der Waals surface area contributed by atoms with E-state index in [0.717, 1.165) is 165 Å². The third kappa shape index (κ3) is 13.6. The van der Waals surface area contributed by atoms with Gasteiger partial charge < -0.3 is 24.3 Å². The number of aromatic nitrogens is 10. The fraction of sp³-hybridized carbons (Fsp3) is 0.400. The Bertz CT molecular complexity index is 1980. The Kier molecular flexibility index (Phi) is 23.5. The fourth-order valence-corrected chi connectivity index (χ4v) is 4.98. The van der Waals surface area contributed by atoms with Crippen molar-refractivity contribution in [1.82, 2.24) is 48.6 Å². The van der Waals surface area contributed by atoms with Gasteiger partial charge in [0.05, 0.1) is 22.9 Å². The van der Waals surface area contributed by atoms with Gasteiger partial charge in [-0.2, -0.15) is 11.4 Å². The van der Waals surface area contributed by atoms with E-state index in [1.54, 1.807) is 0 Å². The van der Waals surface area contributed by atoms with E-state index in [9.17, 15) is 0 Å². The molecule has 5 aromatic heterocycles. The van der Waals surface area contributed by atoms with Crippen molar-refractivity contribution in [2.45, 2.75) is 76.2 Å². The maximum absolute atomic E-state index is 4.39. The Labute approximate surface area is 450 Å². The van der Waals surface area contributed by atoms with Crippen molar-refractivity contribution in [1.29, 1.82) is 0 Å². The molecular formula is C35H46N12Rb4. The molecule has 12 nitrogen and oxygen atoms in total. The molecule has 0 unspecified atom stereocenters. The molecule has 7 rings (SSSR count). The molecule has 51 heavy (non-hydrogen) atoms. The number of aryl methyl sites for hydroxylation is 12. The van der Waals surface area contributed by atoms with E-state index in [1.165, 1.54) is 5.69 Å². The average Bonchev–Trinajstić information content (AvgIpc) is 3.71. The third-order valence-electron chi connectivity index (χ3n) is 8.29. The minimum absolute atomic E-state index is 0. The topological polar surface area (TPSA) is 129 Å². The molecule has 0 fully saturated rings. The normalized spacial score (nSPS) is 10.8. The van der Waals surface area contributed by atoms with Crippen LogP contribution in [0.2, 0.25) is 0 Å². The first-order valence-corrected chi connectivity index (χ1v) is 50.4. The fourth-order valence-electron chi connectivity index (χ4n) is 4.98. The number of benzene rings is 1. The first-order valence-electron chi connectivity index (χ1n) is 16.4. The Morgan fingerprint density at radius 1 is 0.510 bits per heavy atom. The van der Waals surface area contributed by atoms with Crippen molar-refractivity contribution in [3.8, 4) is 0 Å². The summed E-state index contributed by atoms with van der Waals surface area (Å²) in [6, 6.07) is 6.44. The molecule has 0 saturated carbocycles. The quantitative estimate of drug-likeness (QED) is 0.192. The van der Waals surface area contributed by atoms with Gasteiger partial charge in [0, 0.05) is 26.8 Å². The molecule has 0 saturated heterocycles. The molecule has 0 spiro atoms. The maximum atomic E-state index is 4.39. The molecule has 0 atom stereocenters. The number of imidazole rings is 3. The monoisotopic (exact) mass is 974 g/mol. The molecule has 1 aliphatic rings. The van der Waals surface area contributed by atoms with Crippen LogP contribution in [0.3, 0.4) is 0 Å². The van der Waals surface area contributed by atoms with E-state index in [2.05, 4.69) is 75.7 Å². The van der Waals surface area contributed by atoms with Crippen molar-refractivity contribution in [2.24, 2.45) is 21.1 Å². The number of nitrogens with one attached hydrogen (secondary N) is 2. The Balaban J connectivity index is 0.000000333. The SMILES string of the molecule is C=C1Nc2[c-]c(C)c(C)[c-]c2N1.Cc1nc(C)c2nc(C)n(C)c2n1.Cc1nc(C)c2nc(C)n(C)c2n1.Cc1nc(C)n(C)c1C.[Rb+].[Rb+].[Rb][Rb]. The van der Waals surface area contributed by atoms with Crippen LogP contribution < -0.4 is 127 Å². The van der Waals surface area contributed by atoms with Gasteiger partial charge in [-0.3, -0.25) is 23.3 Å². The van der Waals surface area contributed by atoms with E-state index < -0.39 is 0 Å². The van der Waals surface area contributed by atoms with Crippen LogP contribution in [0.15, 0.2) is 12.4 Å². The summed E-state index contributed by atoms with van der Waals surface area (Å²) in [5, 5.41) is 6.15. The van der Waals surface area contributed by atoms with Crippen molar-refractivity contribution < 1.29 is 116 Å². The molecule has 0 amide bonds. The standard InChI is InChI=1S/C10H10N2.2C9H12N4.C7H12N2.4Rb/c1-6-4-9-10(5-7(6)2)12-8(3)11-9;2*1-5-8-9(11-6(2)10-5)13(4)7(3)12-8;1-5-6(2)9(4)7(3)8-5;;;;/h11-12H,3H2,1-2H3;2*1-4H3;1-4H3;;;;/q-2;;;;;;2*+1. The Morgan fingerprint density at radius 3 is 1.16 bits per heavy atom. The van der Waals surface area contributed by atoms with Gasteiger partial charge in [-0.25, -0.2) is 34.9 Å². The van der Waals surface area contributed by atoms with Crippen molar-refractivity contribution in [2.75, 3.05) is 10.6 Å². The van der Waals surface area contributed by atoms with Crippen LogP contribution in [0.5, 0.6) is 0 Å². The van der Waals surface area contributed by atoms with E-state index in [4.69, 9.17) is 0 Å². The Hall–Kier alpha value is 2.09. The third-order valence-corrected chi connectivity index (χ3v) is 8.29. The number of hydrogen-bond acceptors (Lipinski definition) is 9. The van der Waals surface area contributed by atoms with Crippen LogP contribution in [-0.2, 0) is 21.1 Å². The predicted octanol–water partition coefficient (Wildman–Crippen LogP) is -0.619. The summed E-state index contributed by atoms with van der Waals surface area (Å²) in [6.45, 7) is 25.6. The van der Waals surface area contributed by atoms with Gasteiger partial charge in [-0.05, 0) is 62.3 Å². The Morgan fingerprint density at radius 2 is 0.863 bits per heavy atom. The number of nitrogens with zero attached hydrogens (tertiary/aromatic N) is 10. The van der Waals surface area contributed by atoms with Crippen molar-refractivity contribution >= 4 is 101 Å². The van der Waals surface area contributed by atoms with Crippen LogP contribution in [0.4, 0.5) is 11.4 Å². The second-order valence-electron chi connectivity index (χ2n) is 11.9. The molecular weight excluding hydrogens is 930 g/mol. The van der Waals surface area contributed by atoms with Crippen molar-refractivity contribution in [3.63, 3.8) is 0 Å². The van der Waals surface area contributed by atoms with Gasteiger partial charge in [-0.15, -0.1) is 13.8 Å². The van der Waals surface area contributed by atoms with E-state index >= 15 is 0 Å². The van der Waals surface area contributed by atoms with Crippen LogP contribution in [0.1, 0.15) is 63.0 Å². The first-order chi connectivity index (χ1) is 23.0. The summed E-state index contributed by atoms with van der Waals surface area (Å²) in [5.74, 6) is 5.42. The van der Waals surface area contributed by atoms with Crippen LogP contribution in [0.25, 0.3) is 22.3 Å². The summed E-state index contributed by atoms with van der Waals surface area (Å²) in [7, 11) is 5.97. The second-order valence-corrected chi connectivity index (χ2v) is 11.9. The zero-order valence-corrected chi connectivity index (χ0v) is 53.8. The molecule has 1 aliphatic heterocycles. The summed E-state index contributed by atoms with van der Waals surface area (Å²) in [5.41, 5.74) is 12.1. The molecule has 0 aliphatic carbocycles. The number of anilines is 2. The molecule has 0 radical (unpaired) electrons. The number of hydrogen-bond donors (Lipinski definition) is 2. The summed E-state index contributed by atoms with van der Waals surface area (Å²) in [4.78, 5) is 30.3. The molecule has 6 aromatic rings. The summed E-state index contributed by atoms with van der Waals surface area (Å²) in [6.07, 6.45) is 0. The molecule has 6 heterocycles. The van der Waals surface area contributed by atoms with Gasteiger partial charge in [0.1, 0.15) is 40.2 Å². The minimum atomic E-state index is 0. The zero-order valence-electron chi connectivity index (χ0n) is 34.2. The van der Waals surface area contributed by atoms with E-state index in [1.807, 2.05) is 99.5 Å². The van der Waals surface area contributed by atoms with Gasteiger partial charge in [0.15, 0.2) is 11.3 Å². The second kappa shape index (κ2) is 23.5. The van der Waals surface area contributed by atoms with Gasteiger partial charge >= 0.3 is 184 Å². The van der Waals surface area contributed by atoms with Crippen LogP contribution in [-0.4, -0.2) is 116 Å². The average molecular weight is 977 g/mol. The first kappa shape index (κ1) is 51.1. The van der Waals surface area contributed by atoms with E-state index in [-0.39, 0.29) is 116 Å². The van der Waals surface area contributed by atoms with Crippen LogP contribution >= 0.6 is 0 Å². The van der Waals surface area contributed by atoms with Gasteiger partial charge in [0.25, 0.3) is 0 Å². The molecule has 0 bridgehead atoms. The molecule has 16 heteroatoms. The molecule has 1 aromatic carbocycles. The van der Waals surface area contributed by atoms with Crippen molar-refractivity contribution in [3.05, 3.63) is 87.6 Å². The van der Waals surface area contributed by atoms with Gasteiger partial charge in [0.2, 0.25) is 0 Å². The predicted molar refractivity (Wildman–Crippen MR) is 200 cm³/mol. The van der Waals surface area contributed by atoms with E-state index in [0.29, 0.717) is 0 Å². The van der Waals surface area contributed by atoms with Crippen LogP contribution in [0, 0.1) is 88.3 Å². The molecule has 2 N–H and O–H groups in total. The van der Waals surface area contributed by atoms with Gasteiger partial charge in [-0.1, -0.05) is 6.58 Å². The number of rotatable bonds is 0. The molecule has 250 valence electrons. The summed E-state index contributed by atoms with van der Waals surface area (Å²) < 4.78 is 6.06. The zero-order chi connectivity index (χ0) is 36.9.